The van der Waals surface area contributed by atoms with Crippen molar-refractivity contribution in [3.63, 3.8) is 0 Å². The van der Waals surface area contributed by atoms with Gasteiger partial charge in [0.15, 0.2) is 0 Å². The Morgan fingerprint density at radius 1 is 1.40 bits per heavy atom. The van der Waals surface area contributed by atoms with Gasteiger partial charge in [0.05, 0.1) is 12.6 Å². The Hall–Kier alpha value is -1.33. The van der Waals surface area contributed by atoms with Gasteiger partial charge in [0, 0.05) is 13.1 Å². The Labute approximate surface area is 120 Å². The van der Waals surface area contributed by atoms with Gasteiger partial charge in [-0.05, 0) is 52.5 Å². The molecular formula is C15H25N3O2. The summed E-state index contributed by atoms with van der Waals surface area (Å²) in [6.07, 6.45) is 2.02. The van der Waals surface area contributed by atoms with Crippen molar-refractivity contribution in [3.8, 4) is 0 Å². The van der Waals surface area contributed by atoms with E-state index in [1.807, 2.05) is 38.1 Å². The minimum absolute atomic E-state index is 0.0202. The van der Waals surface area contributed by atoms with Crippen molar-refractivity contribution >= 4 is 5.91 Å². The summed E-state index contributed by atoms with van der Waals surface area (Å²) in [5, 5.41) is 3.28. The lowest BCUT2D eigenvalue weighted by Crippen LogP contribution is -2.45. The zero-order chi connectivity index (χ0) is 14.5. The third-order valence-corrected chi connectivity index (χ3v) is 3.63. The van der Waals surface area contributed by atoms with Gasteiger partial charge in [0.1, 0.15) is 11.5 Å². The van der Waals surface area contributed by atoms with Crippen LogP contribution in [0.4, 0.5) is 0 Å². The normalized spacial score (nSPS) is 18.7. The van der Waals surface area contributed by atoms with Gasteiger partial charge < -0.3 is 19.5 Å². The number of aryl methyl sites for hydroxylation is 1. The van der Waals surface area contributed by atoms with Crippen molar-refractivity contribution in [3.05, 3.63) is 23.7 Å². The van der Waals surface area contributed by atoms with E-state index in [2.05, 4.69) is 10.2 Å². The molecule has 1 fully saturated rings. The molecule has 1 amide bonds. The van der Waals surface area contributed by atoms with E-state index < -0.39 is 0 Å². The van der Waals surface area contributed by atoms with E-state index in [-0.39, 0.29) is 11.9 Å². The minimum atomic E-state index is -0.0202. The highest BCUT2D eigenvalue weighted by atomic mass is 16.3. The molecule has 2 rings (SSSR count). The summed E-state index contributed by atoms with van der Waals surface area (Å²) in [7, 11) is 4.04. The third-order valence-electron chi connectivity index (χ3n) is 3.63. The molecule has 20 heavy (non-hydrogen) atoms. The first-order chi connectivity index (χ1) is 9.56. The van der Waals surface area contributed by atoms with Crippen LogP contribution in [0.15, 0.2) is 16.5 Å². The SMILES string of the molecule is Cc1ccc(CN(CCN(C)C)C(=O)C2CCCN2)o1. The molecule has 0 bridgehead atoms. The zero-order valence-electron chi connectivity index (χ0n) is 12.7. The first-order valence-electron chi connectivity index (χ1n) is 7.28. The fourth-order valence-electron chi connectivity index (χ4n) is 2.46. The number of rotatable bonds is 6. The molecule has 5 nitrogen and oxygen atoms in total. The number of furan rings is 1. The number of likely N-dealkylation sites (N-methyl/N-ethyl adjacent to an activating group) is 1. The van der Waals surface area contributed by atoms with Crippen LogP contribution in [0.1, 0.15) is 24.4 Å². The second kappa shape index (κ2) is 6.90. The number of carbonyl (C=O) groups excluding carboxylic acids is 1. The van der Waals surface area contributed by atoms with E-state index in [4.69, 9.17) is 4.42 Å². The van der Waals surface area contributed by atoms with Crippen LogP contribution in [-0.4, -0.2) is 55.5 Å². The van der Waals surface area contributed by atoms with Gasteiger partial charge in [-0.3, -0.25) is 4.79 Å². The fraction of sp³-hybridized carbons (Fsp3) is 0.667. The largest absolute Gasteiger partial charge is 0.464 e. The molecule has 1 atom stereocenters. The van der Waals surface area contributed by atoms with Crippen LogP contribution in [-0.2, 0) is 11.3 Å². The molecule has 0 radical (unpaired) electrons. The Balaban J connectivity index is 2.00. The van der Waals surface area contributed by atoms with E-state index in [0.29, 0.717) is 6.54 Å². The number of nitrogens with zero attached hydrogens (tertiary/aromatic N) is 2. The lowest BCUT2D eigenvalue weighted by Gasteiger charge is -2.26. The van der Waals surface area contributed by atoms with Crippen molar-refractivity contribution in [2.24, 2.45) is 0 Å². The van der Waals surface area contributed by atoms with Crippen molar-refractivity contribution < 1.29 is 9.21 Å². The molecule has 1 N–H and O–H groups in total. The zero-order valence-corrected chi connectivity index (χ0v) is 12.7. The van der Waals surface area contributed by atoms with E-state index in [1.165, 1.54) is 0 Å². The average molecular weight is 279 g/mol. The molecular weight excluding hydrogens is 254 g/mol. The highest BCUT2D eigenvalue weighted by Gasteiger charge is 2.27. The molecule has 1 aromatic rings. The first-order valence-corrected chi connectivity index (χ1v) is 7.28. The highest BCUT2D eigenvalue weighted by Crippen LogP contribution is 2.14. The maximum absolute atomic E-state index is 12.6. The molecule has 1 unspecified atom stereocenters. The van der Waals surface area contributed by atoms with Crippen molar-refractivity contribution in [1.82, 2.24) is 15.1 Å². The third kappa shape index (κ3) is 4.08. The van der Waals surface area contributed by atoms with Crippen LogP contribution in [0.25, 0.3) is 0 Å². The second-order valence-corrected chi connectivity index (χ2v) is 5.72. The Kier molecular flexibility index (Phi) is 5.20. The topological polar surface area (TPSA) is 48.7 Å². The van der Waals surface area contributed by atoms with Crippen molar-refractivity contribution in [1.29, 1.82) is 0 Å². The van der Waals surface area contributed by atoms with Gasteiger partial charge in [-0.1, -0.05) is 0 Å². The summed E-state index contributed by atoms with van der Waals surface area (Å²) in [6.45, 7) is 5.01. The molecule has 1 aliphatic rings. The van der Waals surface area contributed by atoms with Crippen LogP contribution in [0.3, 0.4) is 0 Å². The number of hydrogen-bond donors (Lipinski definition) is 1. The molecule has 5 heteroatoms. The summed E-state index contributed by atoms with van der Waals surface area (Å²) < 4.78 is 5.61. The molecule has 2 heterocycles. The molecule has 112 valence electrons. The second-order valence-electron chi connectivity index (χ2n) is 5.72. The first kappa shape index (κ1) is 15.1. The molecule has 1 saturated heterocycles. The van der Waals surface area contributed by atoms with Crippen LogP contribution in [0.5, 0.6) is 0 Å². The lowest BCUT2D eigenvalue weighted by atomic mass is 10.2. The fourth-order valence-corrected chi connectivity index (χ4v) is 2.46. The number of nitrogens with one attached hydrogen (secondary N) is 1. The molecule has 1 aliphatic heterocycles. The summed E-state index contributed by atoms with van der Waals surface area (Å²) in [4.78, 5) is 16.6. The minimum Gasteiger partial charge on any atom is -0.464 e. The summed E-state index contributed by atoms with van der Waals surface area (Å²) in [5.74, 6) is 1.94. The number of amides is 1. The van der Waals surface area contributed by atoms with E-state index in [9.17, 15) is 4.79 Å². The van der Waals surface area contributed by atoms with Crippen molar-refractivity contribution in [2.75, 3.05) is 33.7 Å². The Morgan fingerprint density at radius 3 is 2.75 bits per heavy atom. The van der Waals surface area contributed by atoms with Crippen molar-refractivity contribution in [2.45, 2.75) is 32.4 Å². The predicted molar refractivity (Wildman–Crippen MR) is 78.4 cm³/mol. The Bertz CT molecular complexity index is 436. The van der Waals surface area contributed by atoms with E-state index >= 15 is 0 Å². The smallest absolute Gasteiger partial charge is 0.240 e. The van der Waals surface area contributed by atoms with Crippen LogP contribution >= 0.6 is 0 Å². The molecule has 0 aliphatic carbocycles. The summed E-state index contributed by atoms with van der Waals surface area (Å²) >= 11 is 0. The van der Waals surface area contributed by atoms with Gasteiger partial charge in [0.25, 0.3) is 0 Å². The number of hydrogen-bond acceptors (Lipinski definition) is 4. The highest BCUT2D eigenvalue weighted by molar-refractivity contribution is 5.82. The lowest BCUT2D eigenvalue weighted by molar-refractivity contribution is -0.134. The maximum atomic E-state index is 12.6. The molecule has 0 saturated carbocycles. The van der Waals surface area contributed by atoms with Crippen LogP contribution < -0.4 is 5.32 Å². The van der Waals surface area contributed by atoms with Crippen LogP contribution in [0, 0.1) is 6.92 Å². The Morgan fingerprint density at radius 2 is 2.20 bits per heavy atom. The predicted octanol–water partition coefficient (Wildman–Crippen LogP) is 1.23. The molecule has 0 spiro atoms. The van der Waals surface area contributed by atoms with Gasteiger partial charge in [0.2, 0.25) is 5.91 Å². The maximum Gasteiger partial charge on any atom is 0.240 e. The standard InChI is InChI=1S/C15H25N3O2/c1-12-6-7-13(20-12)11-18(10-9-17(2)3)15(19)14-5-4-8-16-14/h6-7,14,16H,4-5,8-11H2,1-3H3. The summed E-state index contributed by atoms with van der Waals surface area (Å²) in [5.41, 5.74) is 0. The van der Waals surface area contributed by atoms with E-state index in [1.54, 1.807) is 0 Å². The average Bonchev–Trinajstić information content (AvgIpc) is 3.04. The van der Waals surface area contributed by atoms with Gasteiger partial charge in [-0.2, -0.15) is 0 Å². The summed E-state index contributed by atoms with van der Waals surface area (Å²) in [6, 6.07) is 3.87. The van der Waals surface area contributed by atoms with Gasteiger partial charge in [-0.15, -0.1) is 0 Å². The number of carbonyl (C=O) groups is 1. The molecule has 0 aromatic carbocycles. The van der Waals surface area contributed by atoms with Gasteiger partial charge >= 0.3 is 0 Å². The van der Waals surface area contributed by atoms with Crippen LogP contribution in [0.2, 0.25) is 0 Å². The molecule has 1 aromatic heterocycles. The van der Waals surface area contributed by atoms with Gasteiger partial charge in [-0.25, -0.2) is 0 Å². The monoisotopic (exact) mass is 279 g/mol. The van der Waals surface area contributed by atoms with E-state index in [0.717, 1.165) is 44.0 Å². The quantitative estimate of drug-likeness (QED) is 0.851.